The van der Waals surface area contributed by atoms with Gasteiger partial charge in [-0.3, -0.25) is 0 Å². The van der Waals surface area contributed by atoms with Gasteiger partial charge < -0.3 is 10.1 Å². The summed E-state index contributed by atoms with van der Waals surface area (Å²) in [6.45, 7) is 4.96. The molecule has 0 unspecified atom stereocenters. The fraction of sp³-hybridized carbons (Fsp3) is 0.538. The fourth-order valence-electron chi connectivity index (χ4n) is 2.37. The summed E-state index contributed by atoms with van der Waals surface area (Å²) < 4.78 is 6.02. The zero-order valence-electron chi connectivity index (χ0n) is 9.74. The first-order valence-electron chi connectivity index (χ1n) is 5.77. The van der Waals surface area contributed by atoms with Crippen molar-refractivity contribution in [1.82, 2.24) is 5.32 Å². The van der Waals surface area contributed by atoms with Crippen LogP contribution in [-0.4, -0.2) is 19.7 Å². The lowest BCUT2D eigenvalue weighted by atomic mass is 9.85. The third-order valence-electron chi connectivity index (χ3n) is 3.13. The second kappa shape index (κ2) is 6.24. The van der Waals surface area contributed by atoms with Crippen LogP contribution in [0.4, 0.5) is 0 Å². The quantitative estimate of drug-likeness (QED) is 0.879. The van der Waals surface area contributed by atoms with E-state index in [1.807, 2.05) is 0 Å². The van der Waals surface area contributed by atoms with Gasteiger partial charge >= 0.3 is 0 Å². The molecule has 2 rings (SSSR count). The Morgan fingerprint density at radius 2 is 1.81 bits per heavy atom. The smallest absolute Gasteiger partial charge is 0.0955 e. The summed E-state index contributed by atoms with van der Waals surface area (Å²) in [5, 5.41) is 3.39. The summed E-state index contributed by atoms with van der Waals surface area (Å²) >= 11 is 0. The maximum absolute atomic E-state index is 6.02. The predicted molar refractivity (Wildman–Crippen MR) is 69.1 cm³/mol. The van der Waals surface area contributed by atoms with Gasteiger partial charge in [0.2, 0.25) is 0 Å². The molecule has 3 heteroatoms. The molecule has 90 valence electrons. The van der Waals surface area contributed by atoms with Gasteiger partial charge in [0.25, 0.3) is 0 Å². The van der Waals surface area contributed by atoms with Gasteiger partial charge in [-0.1, -0.05) is 30.3 Å². The van der Waals surface area contributed by atoms with E-state index in [4.69, 9.17) is 4.74 Å². The lowest BCUT2D eigenvalue weighted by Gasteiger charge is -2.37. The summed E-state index contributed by atoms with van der Waals surface area (Å²) in [5.74, 6) is 0. The summed E-state index contributed by atoms with van der Waals surface area (Å²) in [6, 6.07) is 10.6. The molecule has 1 N–H and O–H groups in total. The molecule has 0 amide bonds. The first-order valence-corrected chi connectivity index (χ1v) is 5.77. The van der Waals surface area contributed by atoms with Crippen LogP contribution in [0, 0.1) is 0 Å². The van der Waals surface area contributed by atoms with E-state index in [0.717, 1.165) is 32.5 Å². The highest BCUT2D eigenvalue weighted by molar-refractivity contribution is 5.85. The van der Waals surface area contributed by atoms with Crippen LogP contribution in [0.1, 0.15) is 25.3 Å². The minimum absolute atomic E-state index is 0. The van der Waals surface area contributed by atoms with Crippen molar-refractivity contribution in [3.63, 3.8) is 0 Å². The molecule has 16 heavy (non-hydrogen) atoms. The third-order valence-corrected chi connectivity index (χ3v) is 3.13. The molecule has 1 aliphatic rings. The van der Waals surface area contributed by atoms with Crippen molar-refractivity contribution in [3.8, 4) is 0 Å². The highest BCUT2D eigenvalue weighted by atomic mass is 35.5. The van der Waals surface area contributed by atoms with Crippen LogP contribution in [0.25, 0.3) is 0 Å². The fourth-order valence-corrected chi connectivity index (χ4v) is 2.37. The van der Waals surface area contributed by atoms with Gasteiger partial charge in [0.05, 0.1) is 5.60 Å². The normalized spacial score (nSPS) is 18.8. The number of hydrogen-bond donors (Lipinski definition) is 1. The van der Waals surface area contributed by atoms with Gasteiger partial charge in [0, 0.05) is 6.61 Å². The number of benzene rings is 1. The van der Waals surface area contributed by atoms with E-state index in [-0.39, 0.29) is 18.0 Å². The second-order valence-corrected chi connectivity index (χ2v) is 4.04. The molecule has 1 aromatic carbocycles. The van der Waals surface area contributed by atoms with Crippen molar-refractivity contribution >= 4 is 12.4 Å². The molecule has 0 radical (unpaired) electrons. The van der Waals surface area contributed by atoms with E-state index in [2.05, 4.69) is 42.6 Å². The summed E-state index contributed by atoms with van der Waals surface area (Å²) in [6.07, 6.45) is 2.15. The lowest BCUT2D eigenvalue weighted by molar-refractivity contribution is -0.0655. The third kappa shape index (κ3) is 2.76. The van der Waals surface area contributed by atoms with Crippen LogP contribution in [-0.2, 0) is 10.3 Å². The maximum atomic E-state index is 6.02. The van der Waals surface area contributed by atoms with Gasteiger partial charge in [-0.25, -0.2) is 0 Å². The van der Waals surface area contributed by atoms with Gasteiger partial charge in [0.1, 0.15) is 0 Å². The van der Waals surface area contributed by atoms with E-state index in [9.17, 15) is 0 Å². The van der Waals surface area contributed by atoms with Gasteiger partial charge in [0.15, 0.2) is 0 Å². The minimum atomic E-state index is -0.0404. The zero-order valence-corrected chi connectivity index (χ0v) is 10.6. The van der Waals surface area contributed by atoms with E-state index < -0.39 is 0 Å². The maximum Gasteiger partial charge on any atom is 0.0955 e. The van der Waals surface area contributed by atoms with Gasteiger partial charge in [-0.15, -0.1) is 12.4 Å². The molecule has 1 saturated heterocycles. The SMILES string of the molecule is CCOC1(c2ccccc2)CCNCC1.Cl. The van der Waals surface area contributed by atoms with Crippen LogP contribution in [0.15, 0.2) is 30.3 Å². The van der Waals surface area contributed by atoms with E-state index >= 15 is 0 Å². The Bertz CT molecular complexity index is 291. The molecule has 1 heterocycles. The molecular formula is C13H20ClNO. The second-order valence-electron chi connectivity index (χ2n) is 4.04. The molecule has 0 aromatic heterocycles. The molecule has 0 atom stereocenters. The summed E-state index contributed by atoms with van der Waals surface area (Å²) in [4.78, 5) is 0. The van der Waals surface area contributed by atoms with E-state index in [1.165, 1.54) is 5.56 Å². The molecular weight excluding hydrogens is 222 g/mol. The number of piperidine rings is 1. The van der Waals surface area contributed by atoms with Crippen molar-refractivity contribution in [2.24, 2.45) is 0 Å². The van der Waals surface area contributed by atoms with Gasteiger partial charge in [-0.2, -0.15) is 0 Å². The molecule has 0 spiro atoms. The molecule has 0 bridgehead atoms. The average Bonchev–Trinajstić information content (AvgIpc) is 2.32. The van der Waals surface area contributed by atoms with E-state index in [0.29, 0.717) is 0 Å². The number of ether oxygens (including phenoxy) is 1. The van der Waals surface area contributed by atoms with Crippen LogP contribution >= 0.6 is 12.4 Å². The average molecular weight is 242 g/mol. The Morgan fingerprint density at radius 3 is 2.38 bits per heavy atom. The van der Waals surface area contributed by atoms with Crippen LogP contribution in [0.3, 0.4) is 0 Å². The minimum Gasteiger partial charge on any atom is -0.370 e. The standard InChI is InChI=1S/C13H19NO.ClH/c1-2-15-13(8-10-14-11-9-13)12-6-4-3-5-7-12;/h3-7,14H,2,8-11H2,1H3;1H. The first kappa shape index (κ1) is 13.5. The number of halogens is 1. The highest BCUT2D eigenvalue weighted by Gasteiger charge is 2.34. The highest BCUT2D eigenvalue weighted by Crippen LogP contribution is 2.34. The summed E-state index contributed by atoms with van der Waals surface area (Å²) in [7, 11) is 0. The Kier molecular flexibility index (Phi) is 5.26. The van der Waals surface area contributed by atoms with Gasteiger partial charge in [-0.05, 0) is 38.4 Å². The van der Waals surface area contributed by atoms with Crippen molar-refractivity contribution in [1.29, 1.82) is 0 Å². The molecule has 0 aliphatic carbocycles. The monoisotopic (exact) mass is 241 g/mol. The van der Waals surface area contributed by atoms with Crippen molar-refractivity contribution in [2.45, 2.75) is 25.4 Å². The molecule has 1 aromatic rings. The topological polar surface area (TPSA) is 21.3 Å². The Morgan fingerprint density at radius 1 is 1.19 bits per heavy atom. The Labute approximate surface area is 104 Å². The van der Waals surface area contributed by atoms with Crippen molar-refractivity contribution in [3.05, 3.63) is 35.9 Å². The van der Waals surface area contributed by atoms with Crippen molar-refractivity contribution < 1.29 is 4.74 Å². The Hall–Kier alpha value is -0.570. The molecule has 1 fully saturated rings. The zero-order chi connectivity index (χ0) is 10.6. The molecule has 1 aliphatic heterocycles. The number of rotatable bonds is 3. The lowest BCUT2D eigenvalue weighted by Crippen LogP contribution is -2.41. The van der Waals surface area contributed by atoms with Crippen molar-refractivity contribution in [2.75, 3.05) is 19.7 Å². The van der Waals surface area contributed by atoms with E-state index in [1.54, 1.807) is 0 Å². The number of nitrogens with one attached hydrogen (secondary N) is 1. The number of hydrogen-bond acceptors (Lipinski definition) is 2. The molecule has 0 saturated carbocycles. The molecule has 2 nitrogen and oxygen atoms in total. The largest absolute Gasteiger partial charge is 0.370 e. The predicted octanol–water partition coefficient (Wildman–Crippen LogP) is 2.72. The summed E-state index contributed by atoms with van der Waals surface area (Å²) in [5.41, 5.74) is 1.29. The Balaban J connectivity index is 0.00000128. The van der Waals surface area contributed by atoms with Crippen LogP contribution in [0.2, 0.25) is 0 Å². The van der Waals surface area contributed by atoms with Crippen LogP contribution in [0.5, 0.6) is 0 Å². The van der Waals surface area contributed by atoms with Crippen LogP contribution < -0.4 is 5.32 Å². The first-order chi connectivity index (χ1) is 7.37.